The van der Waals surface area contributed by atoms with Crippen molar-refractivity contribution >= 4 is 16.7 Å². The Morgan fingerprint density at radius 3 is 2.83 bits per heavy atom. The van der Waals surface area contributed by atoms with Crippen LogP contribution < -0.4 is 5.56 Å². The first-order valence-electron chi connectivity index (χ1n) is 9.35. The number of pyridine rings is 1. The maximum absolute atomic E-state index is 13.0. The van der Waals surface area contributed by atoms with Crippen LogP contribution in [-0.2, 0) is 6.42 Å². The number of aromatic amines is 1. The van der Waals surface area contributed by atoms with Gasteiger partial charge in [-0.1, -0.05) is 25.3 Å². The van der Waals surface area contributed by atoms with Gasteiger partial charge in [-0.25, -0.2) is 4.98 Å². The van der Waals surface area contributed by atoms with E-state index in [0.717, 1.165) is 29.0 Å². The van der Waals surface area contributed by atoms with E-state index in [0.29, 0.717) is 5.92 Å². The first-order chi connectivity index (χ1) is 11.8. The summed E-state index contributed by atoms with van der Waals surface area (Å²) < 4.78 is 1.68. The summed E-state index contributed by atoms with van der Waals surface area (Å²) in [6, 6.07) is 5.73. The number of H-pyrrole nitrogens is 1. The van der Waals surface area contributed by atoms with Crippen LogP contribution in [0.4, 0.5) is 0 Å². The van der Waals surface area contributed by atoms with Gasteiger partial charge in [0.05, 0.1) is 5.39 Å². The van der Waals surface area contributed by atoms with Crippen LogP contribution in [0.3, 0.4) is 0 Å². The second-order valence-corrected chi connectivity index (χ2v) is 7.48. The van der Waals surface area contributed by atoms with Gasteiger partial charge >= 0.3 is 0 Å². The zero-order valence-electron chi connectivity index (χ0n) is 13.9. The van der Waals surface area contributed by atoms with Gasteiger partial charge < -0.3 is 4.98 Å². The molecule has 0 aliphatic heterocycles. The van der Waals surface area contributed by atoms with Crippen LogP contribution >= 0.6 is 0 Å². The number of fused-ring (bicyclic) bond motifs is 4. The molecule has 1 atom stereocenters. The molecule has 2 aliphatic carbocycles. The van der Waals surface area contributed by atoms with E-state index in [9.17, 15) is 4.79 Å². The van der Waals surface area contributed by atoms with Crippen molar-refractivity contribution in [1.82, 2.24) is 14.4 Å². The fraction of sp³-hybridized carbons (Fsp3) is 0.500. The average Bonchev–Trinajstić information content (AvgIpc) is 3.01. The van der Waals surface area contributed by atoms with Crippen molar-refractivity contribution in [1.29, 1.82) is 0 Å². The van der Waals surface area contributed by atoms with Crippen LogP contribution in [0, 0.1) is 5.92 Å². The third-order valence-corrected chi connectivity index (χ3v) is 6.15. The highest BCUT2D eigenvalue weighted by Gasteiger charge is 2.32. The minimum absolute atomic E-state index is 0.0809. The summed E-state index contributed by atoms with van der Waals surface area (Å²) in [6.45, 7) is 0. The molecule has 4 nitrogen and oxygen atoms in total. The lowest BCUT2D eigenvalue weighted by atomic mass is 9.73. The van der Waals surface area contributed by atoms with Crippen molar-refractivity contribution in [2.24, 2.45) is 5.92 Å². The Labute approximate surface area is 140 Å². The fourth-order valence-electron chi connectivity index (χ4n) is 5.02. The Morgan fingerprint density at radius 1 is 1.08 bits per heavy atom. The molecule has 1 saturated carbocycles. The molecule has 1 N–H and O–H groups in total. The lowest BCUT2D eigenvalue weighted by Crippen LogP contribution is -2.21. The van der Waals surface area contributed by atoms with Gasteiger partial charge in [0.2, 0.25) is 0 Å². The molecule has 0 aromatic carbocycles. The fourth-order valence-corrected chi connectivity index (χ4v) is 5.02. The second kappa shape index (κ2) is 5.47. The molecule has 1 unspecified atom stereocenters. The number of aryl methyl sites for hydroxylation is 1. The normalized spacial score (nSPS) is 22.1. The number of aromatic nitrogens is 3. The molecule has 0 amide bonds. The Kier molecular flexibility index (Phi) is 3.25. The Hall–Kier alpha value is -2.10. The first-order valence-corrected chi connectivity index (χ1v) is 9.35. The zero-order chi connectivity index (χ0) is 16.1. The van der Waals surface area contributed by atoms with E-state index in [1.54, 1.807) is 4.40 Å². The van der Waals surface area contributed by atoms with Crippen LogP contribution in [0.25, 0.3) is 16.7 Å². The van der Waals surface area contributed by atoms with Crippen molar-refractivity contribution < 1.29 is 0 Å². The molecule has 3 aromatic heterocycles. The number of hydrogen-bond donors (Lipinski definition) is 1. The summed E-state index contributed by atoms with van der Waals surface area (Å²) >= 11 is 0. The van der Waals surface area contributed by atoms with Crippen LogP contribution in [0.15, 0.2) is 29.2 Å². The Bertz CT molecular complexity index is 962. The number of nitrogens with one attached hydrogen (secondary N) is 1. The van der Waals surface area contributed by atoms with E-state index in [1.807, 2.05) is 24.4 Å². The summed E-state index contributed by atoms with van der Waals surface area (Å²) in [7, 11) is 0. The summed E-state index contributed by atoms with van der Waals surface area (Å²) in [6.07, 6.45) is 12.1. The predicted molar refractivity (Wildman–Crippen MR) is 95.6 cm³/mol. The van der Waals surface area contributed by atoms with Crippen LogP contribution in [-0.4, -0.2) is 14.4 Å². The minimum Gasteiger partial charge on any atom is -0.342 e. The van der Waals surface area contributed by atoms with Gasteiger partial charge in [0, 0.05) is 17.8 Å². The molecule has 0 radical (unpaired) electrons. The molecule has 3 heterocycles. The van der Waals surface area contributed by atoms with E-state index >= 15 is 0 Å². The van der Waals surface area contributed by atoms with Crippen molar-refractivity contribution in [3.8, 4) is 0 Å². The van der Waals surface area contributed by atoms with Gasteiger partial charge in [-0.3, -0.25) is 9.20 Å². The van der Waals surface area contributed by atoms with E-state index in [-0.39, 0.29) is 5.56 Å². The molecule has 124 valence electrons. The Balaban J connectivity index is 1.72. The van der Waals surface area contributed by atoms with E-state index in [2.05, 4.69) is 4.98 Å². The van der Waals surface area contributed by atoms with Crippen LogP contribution in [0.1, 0.15) is 62.1 Å². The van der Waals surface area contributed by atoms with Crippen LogP contribution in [0.5, 0.6) is 0 Å². The highest BCUT2D eigenvalue weighted by Crippen LogP contribution is 2.43. The SMILES string of the molecule is O=c1c2c3c([nH]c2nc2ccccn12)C(C1CCCCC1)CCC3. The minimum atomic E-state index is 0.0809. The summed E-state index contributed by atoms with van der Waals surface area (Å²) in [5.41, 5.74) is 4.17. The lowest BCUT2D eigenvalue weighted by molar-refractivity contribution is 0.281. The van der Waals surface area contributed by atoms with Gasteiger partial charge in [0.1, 0.15) is 11.3 Å². The van der Waals surface area contributed by atoms with Crippen molar-refractivity contribution in [3.05, 3.63) is 46.0 Å². The smallest absolute Gasteiger partial charge is 0.267 e. The monoisotopic (exact) mass is 321 g/mol. The molecule has 24 heavy (non-hydrogen) atoms. The van der Waals surface area contributed by atoms with Crippen molar-refractivity contribution in [2.45, 2.75) is 57.3 Å². The first kappa shape index (κ1) is 14.3. The summed E-state index contributed by atoms with van der Waals surface area (Å²) in [4.78, 5) is 21.3. The van der Waals surface area contributed by atoms with Crippen molar-refractivity contribution in [2.75, 3.05) is 0 Å². The molecule has 4 heteroatoms. The predicted octanol–water partition coefficient (Wildman–Crippen LogP) is 4.18. The maximum Gasteiger partial charge on any atom is 0.267 e. The van der Waals surface area contributed by atoms with Gasteiger partial charge in [-0.15, -0.1) is 0 Å². The molecule has 1 fully saturated rings. The zero-order valence-corrected chi connectivity index (χ0v) is 13.9. The number of rotatable bonds is 1. The highest BCUT2D eigenvalue weighted by molar-refractivity contribution is 5.82. The summed E-state index contributed by atoms with van der Waals surface area (Å²) in [5.74, 6) is 1.37. The van der Waals surface area contributed by atoms with Crippen LogP contribution in [0.2, 0.25) is 0 Å². The average molecular weight is 321 g/mol. The molecule has 0 bridgehead atoms. The van der Waals surface area contributed by atoms with E-state index < -0.39 is 0 Å². The topological polar surface area (TPSA) is 50.2 Å². The number of nitrogens with zero attached hydrogens (tertiary/aromatic N) is 2. The second-order valence-electron chi connectivity index (χ2n) is 7.48. The van der Waals surface area contributed by atoms with Gasteiger partial charge in [-0.2, -0.15) is 0 Å². The summed E-state index contributed by atoms with van der Waals surface area (Å²) in [5, 5.41) is 0.828. The van der Waals surface area contributed by atoms with E-state index in [4.69, 9.17) is 4.98 Å². The highest BCUT2D eigenvalue weighted by atomic mass is 16.1. The van der Waals surface area contributed by atoms with Gasteiger partial charge in [0.15, 0.2) is 0 Å². The molecular weight excluding hydrogens is 298 g/mol. The quantitative estimate of drug-likeness (QED) is 0.731. The molecule has 2 aliphatic rings. The Morgan fingerprint density at radius 2 is 1.96 bits per heavy atom. The lowest BCUT2D eigenvalue weighted by Gasteiger charge is -2.33. The van der Waals surface area contributed by atoms with E-state index in [1.165, 1.54) is 56.2 Å². The molecular formula is C20H23N3O. The van der Waals surface area contributed by atoms with Crippen molar-refractivity contribution in [3.63, 3.8) is 0 Å². The third-order valence-electron chi connectivity index (χ3n) is 6.15. The molecule has 3 aromatic rings. The maximum atomic E-state index is 13.0. The third kappa shape index (κ3) is 2.05. The van der Waals surface area contributed by atoms with Gasteiger partial charge in [-0.05, 0) is 55.7 Å². The molecule has 0 spiro atoms. The standard InChI is InChI=1S/C20H23N3O/c24-20-17-15-10-6-9-14(13-7-2-1-3-8-13)18(15)22-19(17)21-16-11-4-5-12-23(16)20/h4-5,11-14,22H,1-3,6-10H2. The largest absolute Gasteiger partial charge is 0.342 e. The molecule has 5 rings (SSSR count). The molecule has 0 saturated heterocycles. The number of hydrogen-bond acceptors (Lipinski definition) is 2. The van der Waals surface area contributed by atoms with Gasteiger partial charge in [0.25, 0.3) is 5.56 Å².